The lowest BCUT2D eigenvalue weighted by Gasteiger charge is -2.04. The Kier molecular flexibility index (Phi) is 5.29. The van der Waals surface area contributed by atoms with Crippen LogP contribution in [0.15, 0.2) is 53.5 Å². The monoisotopic (exact) mass is 271 g/mol. The first-order chi connectivity index (χ1) is 9.81. The number of aliphatic imine (C=N–C) groups is 1. The highest BCUT2D eigenvalue weighted by molar-refractivity contribution is 5.82. The van der Waals surface area contributed by atoms with Crippen LogP contribution in [0, 0.1) is 0 Å². The van der Waals surface area contributed by atoms with Gasteiger partial charge in [-0.25, -0.2) is 0 Å². The van der Waals surface area contributed by atoms with E-state index in [2.05, 4.69) is 4.99 Å². The van der Waals surface area contributed by atoms with Gasteiger partial charge in [0.1, 0.15) is 12.4 Å². The minimum absolute atomic E-state index is 0.00444. The molecule has 2 N–H and O–H groups in total. The molecule has 20 heavy (non-hydrogen) atoms. The van der Waals surface area contributed by atoms with Crippen molar-refractivity contribution in [3.63, 3.8) is 0 Å². The largest absolute Gasteiger partial charge is 0.491 e. The number of hydrogen-bond acceptors (Lipinski definition) is 4. The zero-order chi connectivity index (χ0) is 14.2. The number of ether oxygens (including phenoxy) is 1. The van der Waals surface area contributed by atoms with E-state index >= 15 is 0 Å². The van der Waals surface area contributed by atoms with Gasteiger partial charge in [-0.05, 0) is 35.4 Å². The van der Waals surface area contributed by atoms with E-state index in [1.54, 1.807) is 6.21 Å². The third-order valence-corrected chi connectivity index (χ3v) is 2.70. The van der Waals surface area contributed by atoms with Crippen molar-refractivity contribution in [2.45, 2.75) is 6.61 Å². The van der Waals surface area contributed by atoms with E-state index < -0.39 is 0 Å². The first kappa shape index (κ1) is 14.2. The van der Waals surface area contributed by atoms with Gasteiger partial charge in [0.05, 0.1) is 18.9 Å². The Hall–Kier alpha value is -2.17. The third kappa shape index (κ3) is 4.19. The van der Waals surface area contributed by atoms with E-state index in [-0.39, 0.29) is 19.8 Å². The fraction of sp³-hybridized carbons (Fsp3) is 0.188. The first-order valence-corrected chi connectivity index (χ1v) is 6.39. The number of benzene rings is 2. The van der Waals surface area contributed by atoms with E-state index in [0.29, 0.717) is 5.75 Å². The van der Waals surface area contributed by atoms with Crippen LogP contribution in [0.2, 0.25) is 0 Å². The average Bonchev–Trinajstić information content (AvgIpc) is 2.52. The summed E-state index contributed by atoms with van der Waals surface area (Å²) >= 11 is 0. The minimum atomic E-state index is -0.00444. The molecular weight excluding hydrogens is 254 g/mol. The zero-order valence-corrected chi connectivity index (χ0v) is 11.1. The van der Waals surface area contributed by atoms with Crippen molar-refractivity contribution in [1.82, 2.24) is 0 Å². The molecule has 2 rings (SSSR count). The Morgan fingerprint density at radius 1 is 1.05 bits per heavy atom. The Balaban J connectivity index is 2.06. The lowest BCUT2D eigenvalue weighted by atomic mass is 10.2. The molecule has 0 fully saturated rings. The minimum Gasteiger partial charge on any atom is -0.491 e. The summed E-state index contributed by atoms with van der Waals surface area (Å²) in [5.74, 6) is 0.707. The van der Waals surface area contributed by atoms with Crippen molar-refractivity contribution in [3.8, 4) is 5.75 Å². The molecule has 4 nitrogen and oxygen atoms in total. The number of aliphatic hydroxyl groups excluding tert-OH is 2. The lowest BCUT2D eigenvalue weighted by molar-refractivity contribution is 0.201. The van der Waals surface area contributed by atoms with Crippen molar-refractivity contribution >= 4 is 11.9 Å². The molecule has 0 bridgehead atoms. The van der Waals surface area contributed by atoms with E-state index in [4.69, 9.17) is 14.9 Å². The van der Waals surface area contributed by atoms with Crippen molar-refractivity contribution in [2.24, 2.45) is 4.99 Å². The van der Waals surface area contributed by atoms with Crippen LogP contribution in [-0.4, -0.2) is 29.6 Å². The van der Waals surface area contributed by atoms with Gasteiger partial charge in [0.25, 0.3) is 0 Å². The molecule has 2 aromatic rings. The molecule has 0 aliphatic heterocycles. The molecule has 0 radical (unpaired) electrons. The SMILES string of the molecule is OCCOc1cccc(/C=N/c2ccc(CO)cc2)c1. The van der Waals surface area contributed by atoms with Crippen LogP contribution in [0.4, 0.5) is 5.69 Å². The number of aliphatic hydroxyl groups is 2. The van der Waals surface area contributed by atoms with Crippen molar-refractivity contribution in [2.75, 3.05) is 13.2 Å². The summed E-state index contributed by atoms with van der Waals surface area (Å²) in [6.07, 6.45) is 1.75. The van der Waals surface area contributed by atoms with Crippen LogP contribution in [0.1, 0.15) is 11.1 Å². The Morgan fingerprint density at radius 2 is 1.85 bits per heavy atom. The highest BCUT2D eigenvalue weighted by Crippen LogP contribution is 2.15. The average molecular weight is 271 g/mol. The van der Waals surface area contributed by atoms with Gasteiger partial charge >= 0.3 is 0 Å². The van der Waals surface area contributed by atoms with Gasteiger partial charge in [-0.1, -0.05) is 24.3 Å². The number of nitrogens with zero attached hydrogens (tertiary/aromatic N) is 1. The zero-order valence-electron chi connectivity index (χ0n) is 11.1. The third-order valence-electron chi connectivity index (χ3n) is 2.70. The van der Waals surface area contributed by atoms with Gasteiger partial charge < -0.3 is 14.9 Å². The second kappa shape index (κ2) is 7.43. The molecule has 0 atom stereocenters. The molecule has 0 heterocycles. The van der Waals surface area contributed by atoms with E-state index in [1.165, 1.54) is 0 Å². The first-order valence-electron chi connectivity index (χ1n) is 6.39. The molecule has 0 amide bonds. The van der Waals surface area contributed by atoms with Gasteiger partial charge in [-0.15, -0.1) is 0 Å². The molecule has 0 spiro atoms. The van der Waals surface area contributed by atoms with Crippen LogP contribution in [-0.2, 0) is 6.61 Å². The summed E-state index contributed by atoms with van der Waals surface area (Å²) in [6, 6.07) is 14.9. The molecule has 104 valence electrons. The topological polar surface area (TPSA) is 62.0 Å². The summed E-state index contributed by atoms with van der Waals surface area (Å²) in [4.78, 5) is 4.36. The lowest BCUT2D eigenvalue weighted by Crippen LogP contribution is -2.01. The van der Waals surface area contributed by atoms with Crippen molar-refractivity contribution in [1.29, 1.82) is 0 Å². The molecule has 0 saturated heterocycles. The molecule has 0 aromatic heterocycles. The van der Waals surface area contributed by atoms with Crippen LogP contribution in [0.25, 0.3) is 0 Å². The normalized spacial score (nSPS) is 10.9. The summed E-state index contributed by atoms with van der Waals surface area (Å²) in [7, 11) is 0. The quantitative estimate of drug-likeness (QED) is 0.792. The molecule has 0 saturated carbocycles. The Bertz CT molecular complexity index is 564. The van der Waals surface area contributed by atoms with E-state index in [1.807, 2.05) is 48.5 Å². The smallest absolute Gasteiger partial charge is 0.120 e. The van der Waals surface area contributed by atoms with Crippen LogP contribution >= 0.6 is 0 Å². The fourth-order valence-corrected chi connectivity index (χ4v) is 1.68. The highest BCUT2D eigenvalue weighted by Gasteiger charge is 1.95. The summed E-state index contributed by atoms with van der Waals surface area (Å²) in [6.45, 7) is 0.312. The standard InChI is InChI=1S/C16H17NO3/c18-8-9-20-16-3-1-2-14(10-16)11-17-15-6-4-13(12-19)5-7-15/h1-7,10-11,18-19H,8-9,12H2/b17-11+. The maximum atomic E-state index is 8.97. The van der Waals surface area contributed by atoms with Crippen molar-refractivity contribution in [3.05, 3.63) is 59.7 Å². The van der Waals surface area contributed by atoms with Crippen LogP contribution in [0.3, 0.4) is 0 Å². The second-order valence-corrected chi connectivity index (χ2v) is 4.23. The van der Waals surface area contributed by atoms with Gasteiger partial charge in [0.2, 0.25) is 0 Å². The van der Waals surface area contributed by atoms with Gasteiger partial charge in [-0.3, -0.25) is 4.99 Å². The summed E-state index contributed by atoms with van der Waals surface area (Å²) in [5.41, 5.74) is 2.61. The number of hydrogen-bond donors (Lipinski definition) is 2. The van der Waals surface area contributed by atoms with E-state index in [0.717, 1.165) is 16.8 Å². The number of rotatable bonds is 6. The van der Waals surface area contributed by atoms with Gasteiger partial charge in [0.15, 0.2) is 0 Å². The van der Waals surface area contributed by atoms with Gasteiger partial charge in [0, 0.05) is 6.21 Å². The fourth-order valence-electron chi connectivity index (χ4n) is 1.68. The molecular formula is C16H17NO3. The molecule has 4 heteroatoms. The van der Waals surface area contributed by atoms with E-state index in [9.17, 15) is 0 Å². The predicted molar refractivity (Wildman–Crippen MR) is 78.6 cm³/mol. The van der Waals surface area contributed by atoms with Crippen LogP contribution in [0.5, 0.6) is 5.75 Å². The second-order valence-electron chi connectivity index (χ2n) is 4.23. The predicted octanol–water partition coefficient (Wildman–Crippen LogP) is 2.30. The summed E-state index contributed by atoms with van der Waals surface area (Å²) in [5, 5.41) is 17.7. The molecule has 2 aromatic carbocycles. The van der Waals surface area contributed by atoms with Gasteiger partial charge in [-0.2, -0.15) is 0 Å². The molecule has 0 unspecified atom stereocenters. The summed E-state index contributed by atoms with van der Waals surface area (Å²) < 4.78 is 5.34. The highest BCUT2D eigenvalue weighted by atomic mass is 16.5. The maximum Gasteiger partial charge on any atom is 0.120 e. The van der Waals surface area contributed by atoms with Crippen LogP contribution < -0.4 is 4.74 Å². The van der Waals surface area contributed by atoms with Crippen molar-refractivity contribution < 1.29 is 14.9 Å². The molecule has 0 aliphatic carbocycles. The Labute approximate surface area is 118 Å². The Morgan fingerprint density at radius 3 is 2.55 bits per heavy atom. The maximum absolute atomic E-state index is 8.97. The molecule has 0 aliphatic rings.